The van der Waals surface area contributed by atoms with Gasteiger partial charge in [-0.2, -0.15) is 4.98 Å². The summed E-state index contributed by atoms with van der Waals surface area (Å²) in [6, 6.07) is 0. The van der Waals surface area contributed by atoms with E-state index >= 15 is 0 Å². The van der Waals surface area contributed by atoms with Crippen LogP contribution in [0.4, 0.5) is 0 Å². The Morgan fingerprint density at radius 3 is 2.55 bits per heavy atom. The predicted octanol–water partition coefficient (Wildman–Crippen LogP) is 0.692. The highest BCUT2D eigenvalue weighted by Crippen LogP contribution is 1.97. The zero-order chi connectivity index (χ0) is 16.4. The van der Waals surface area contributed by atoms with Crippen molar-refractivity contribution < 1.29 is 9.32 Å². The van der Waals surface area contributed by atoms with E-state index in [9.17, 15) is 4.79 Å². The summed E-state index contributed by atoms with van der Waals surface area (Å²) in [5.74, 6) is 1.83. The van der Waals surface area contributed by atoms with Crippen molar-refractivity contribution in [1.82, 2.24) is 25.7 Å². The largest absolute Gasteiger partial charge is 0.357 e. The number of aromatic nitrogens is 2. The molecular formula is C14H26N6O2. The van der Waals surface area contributed by atoms with Crippen LogP contribution in [-0.2, 0) is 11.3 Å². The molecule has 1 amide bonds. The highest BCUT2D eigenvalue weighted by atomic mass is 16.5. The summed E-state index contributed by atoms with van der Waals surface area (Å²) in [6.45, 7) is 10.8. The molecule has 8 nitrogen and oxygen atoms in total. The fourth-order valence-corrected chi connectivity index (χ4v) is 1.92. The van der Waals surface area contributed by atoms with Gasteiger partial charge in [-0.1, -0.05) is 5.16 Å². The third-order valence-electron chi connectivity index (χ3n) is 3.04. The molecule has 2 N–H and O–H groups in total. The lowest BCUT2D eigenvalue weighted by Gasteiger charge is -2.19. The number of carbonyl (C=O) groups is 1. The molecule has 0 aliphatic rings. The topological polar surface area (TPSA) is 95.6 Å². The van der Waals surface area contributed by atoms with Crippen LogP contribution in [-0.4, -0.2) is 53.1 Å². The minimum Gasteiger partial charge on any atom is -0.357 e. The first-order chi connectivity index (χ1) is 10.6. The molecule has 0 unspecified atom stereocenters. The molecule has 0 saturated heterocycles. The highest BCUT2D eigenvalue weighted by Gasteiger charge is 2.09. The molecule has 0 saturated carbocycles. The summed E-state index contributed by atoms with van der Waals surface area (Å²) in [5.41, 5.74) is 0. The van der Waals surface area contributed by atoms with Crippen LogP contribution in [0.1, 0.15) is 38.9 Å². The molecule has 22 heavy (non-hydrogen) atoms. The number of aryl methyl sites for hydroxylation is 1. The van der Waals surface area contributed by atoms with Crippen molar-refractivity contribution in [3.63, 3.8) is 0 Å². The van der Waals surface area contributed by atoms with Crippen molar-refractivity contribution in [2.75, 3.05) is 26.2 Å². The van der Waals surface area contributed by atoms with E-state index in [4.69, 9.17) is 4.52 Å². The Morgan fingerprint density at radius 1 is 1.27 bits per heavy atom. The Kier molecular flexibility index (Phi) is 7.95. The second-order valence-corrected chi connectivity index (χ2v) is 4.67. The van der Waals surface area contributed by atoms with Crippen LogP contribution >= 0.6 is 0 Å². The molecule has 0 radical (unpaired) electrons. The Morgan fingerprint density at radius 2 is 2.00 bits per heavy atom. The SMILES string of the molecule is CCNC(=NCc1noc(C)n1)NCCC(=O)N(CC)CC. The highest BCUT2D eigenvalue weighted by molar-refractivity contribution is 5.81. The van der Waals surface area contributed by atoms with Gasteiger partial charge in [-0.05, 0) is 20.8 Å². The lowest BCUT2D eigenvalue weighted by atomic mass is 10.3. The molecule has 1 heterocycles. The average Bonchev–Trinajstić information content (AvgIpc) is 2.91. The van der Waals surface area contributed by atoms with E-state index in [1.807, 2.05) is 25.7 Å². The smallest absolute Gasteiger partial charge is 0.224 e. The fraction of sp³-hybridized carbons (Fsp3) is 0.714. The second kappa shape index (κ2) is 9.75. The molecule has 0 atom stereocenters. The van der Waals surface area contributed by atoms with E-state index < -0.39 is 0 Å². The number of nitrogens with zero attached hydrogens (tertiary/aromatic N) is 4. The maximum absolute atomic E-state index is 11.9. The van der Waals surface area contributed by atoms with Crippen LogP contribution in [0.2, 0.25) is 0 Å². The van der Waals surface area contributed by atoms with Gasteiger partial charge in [0.15, 0.2) is 11.8 Å². The van der Waals surface area contributed by atoms with Gasteiger partial charge in [0.2, 0.25) is 11.8 Å². The minimum atomic E-state index is 0.141. The molecule has 0 spiro atoms. The molecular weight excluding hydrogens is 284 g/mol. The molecule has 1 aromatic heterocycles. The minimum absolute atomic E-state index is 0.141. The van der Waals surface area contributed by atoms with Gasteiger partial charge in [0.25, 0.3) is 0 Å². The summed E-state index contributed by atoms with van der Waals surface area (Å²) in [4.78, 5) is 22.2. The van der Waals surface area contributed by atoms with Crippen LogP contribution in [0, 0.1) is 6.92 Å². The molecule has 1 rings (SSSR count). The first kappa shape index (κ1) is 17.9. The maximum atomic E-state index is 11.9. The molecule has 0 fully saturated rings. The number of rotatable bonds is 8. The van der Waals surface area contributed by atoms with Gasteiger partial charge in [-0.25, -0.2) is 4.99 Å². The number of nitrogens with one attached hydrogen (secondary N) is 2. The number of carbonyl (C=O) groups excluding carboxylic acids is 1. The van der Waals surface area contributed by atoms with E-state index in [0.717, 1.165) is 19.6 Å². The van der Waals surface area contributed by atoms with Crippen LogP contribution in [0.25, 0.3) is 0 Å². The van der Waals surface area contributed by atoms with E-state index in [0.29, 0.717) is 37.2 Å². The first-order valence-electron chi connectivity index (χ1n) is 7.69. The molecule has 0 aliphatic heterocycles. The van der Waals surface area contributed by atoms with E-state index in [1.54, 1.807) is 6.92 Å². The van der Waals surface area contributed by atoms with Gasteiger partial charge in [0, 0.05) is 39.5 Å². The van der Waals surface area contributed by atoms with Gasteiger partial charge in [-0.15, -0.1) is 0 Å². The summed E-state index contributed by atoms with van der Waals surface area (Å²) < 4.78 is 4.90. The number of guanidine groups is 1. The zero-order valence-corrected chi connectivity index (χ0v) is 13.8. The lowest BCUT2D eigenvalue weighted by molar-refractivity contribution is -0.130. The lowest BCUT2D eigenvalue weighted by Crippen LogP contribution is -2.40. The Labute approximate surface area is 131 Å². The third kappa shape index (κ3) is 6.11. The first-order valence-corrected chi connectivity index (χ1v) is 7.69. The van der Waals surface area contributed by atoms with E-state index in [-0.39, 0.29) is 5.91 Å². The van der Waals surface area contributed by atoms with Gasteiger partial charge >= 0.3 is 0 Å². The standard InChI is InChI=1S/C14H26N6O2/c1-5-15-14(17-10-12-18-11(4)22-19-12)16-9-8-13(21)20(6-2)7-3/h5-10H2,1-4H3,(H2,15,16,17). The van der Waals surface area contributed by atoms with E-state index in [2.05, 4.69) is 25.8 Å². The number of hydrogen-bond donors (Lipinski definition) is 2. The predicted molar refractivity (Wildman–Crippen MR) is 84.4 cm³/mol. The third-order valence-corrected chi connectivity index (χ3v) is 3.04. The number of amides is 1. The fourth-order valence-electron chi connectivity index (χ4n) is 1.92. The van der Waals surface area contributed by atoms with Crippen molar-refractivity contribution in [3.8, 4) is 0 Å². The van der Waals surface area contributed by atoms with Gasteiger partial charge in [0.05, 0.1) is 0 Å². The Balaban J connectivity index is 2.45. The van der Waals surface area contributed by atoms with Crippen molar-refractivity contribution in [3.05, 3.63) is 11.7 Å². The van der Waals surface area contributed by atoms with E-state index in [1.165, 1.54) is 0 Å². The monoisotopic (exact) mass is 310 g/mol. The summed E-state index contributed by atoms with van der Waals surface area (Å²) in [5, 5.41) is 10.0. The maximum Gasteiger partial charge on any atom is 0.224 e. The second-order valence-electron chi connectivity index (χ2n) is 4.67. The van der Waals surface area contributed by atoms with Gasteiger partial charge in [0.1, 0.15) is 6.54 Å². The Hall–Kier alpha value is -2.12. The molecule has 124 valence electrons. The van der Waals surface area contributed by atoms with Crippen LogP contribution in [0.15, 0.2) is 9.52 Å². The Bertz CT molecular complexity index is 481. The molecule has 0 bridgehead atoms. The summed E-state index contributed by atoms with van der Waals surface area (Å²) in [7, 11) is 0. The van der Waals surface area contributed by atoms with Crippen LogP contribution in [0.5, 0.6) is 0 Å². The summed E-state index contributed by atoms with van der Waals surface area (Å²) in [6.07, 6.45) is 0.438. The van der Waals surface area contributed by atoms with Crippen molar-refractivity contribution in [1.29, 1.82) is 0 Å². The number of aliphatic imine (C=N–C) groups is 1. The molecule has 0 aromatic carbocycles. The van der Waals surface area contributed by atoms with Gasteiger partial charge in [-0.3, -0.25) is 4.79 Å². The van der Waals surface area contributed by atoms with Crippen LogP contribution < -0.4 is 10.6 Å². The van der Waals surface area contributed by atoms with Gasteiger partial charge < -0.3 is 20.1 Å². The van der Waals surface area contributed by atoms with Crippen LogP contribution in [0.3, 0.4) is 0 Å². The van der Waals surface area contributed by atoms with Crippen molar-refractivity contribution in [2.24, 2.45) is 4.99 Å². The quantitative estimate of drug-likeness (QED) is 0.542. The zero-order valence-electron chi connectivity index (χ0n) is 13.8. The average molecular weight is 310 g/mol. The summed E-state index contributed by atoms with van der Waals surface area (Å²) >= 11 is 0. The molecule has 8 heteroatoms. The van der Waals surface area contributed by atoms with Crippen molar-refractivity contribution in [2.45, 2.75) is 40.7 Å². The number of hydrogen-bond acceptors (Lipinski definition) is 5. The van der Waals surface area contributed by atoms with Crippen molar-refractivity contribution >= 4 is 11.9 Å². The molecule has 1 aromatic rings. The normalized spacial score (nSPS) is 11.4. The molecule has 0 aliphatic carbocycles.